The lowest BCUT2D eigenvalue weighted by atomic mass is 10.5. The molecule has 5 nitrogen and oxygen atoms in total. The monoisotopic (exact) mass is 191 g/mol. The summed E-state index contributed by atoms with van der Waals surface area (Å²) in [6.45, 7) is 0.757. The summed E-state index contributed by atoms with van der Waals surface area (Å²) in [4.78, 5) is 0. The van der Waals surface area contributed by atoms with Crippen molar-refractivity contribution in [1.29, 1.82) is 5.41 Å². The first-order chi connectivity index (χ1) is 5.29. The molecule has 0 aromatic heterocycles. The third kappa shape index (κ3) is 3.51. The van der Waals surface area contributed by atoms with E-state index in [1.807, 2.05) is 0 Å². The maximum Gasteiger partial charge on any atom is 0.303 e. The highest BCUT2D eigenvalue weighted by atomic mass is 28.4. The molecule has 0 aliphatic carbocycles. The number of nitrogens with one attached hydrogen (secondary N) is 2. The van der Waals surface area contributed by atoms with E-state index in [2.05, 4.69) is 5.32 Å². The summed E-state index contributed by atoms with van der Waals surface area (Å²) in [6.07, 6.45) is 0.991. The fraction of sp³-hybridized carbons (Fsp3) is 0.750. The van der Waals surface area contributed by atoms with Crippen LogP contribution < -0.4 is 11.1 Å². The van der Waals surface area contributed by atoms with Crippen molar-refractivity contribution in [2.24, 2.45) is 5.73 Å². The lowest BCUT2D eigenvalue weighted by Gasteiger charge is -2.25. The lowest BCUT2D eigenvalue weighted by molar-refractivity contribution is 0.309. The van der Waals surface area contributed by atoms with Gasteiger partial charge in [-0.3, -0.25) is 5.41 Å². The maximum atomic E-state index is 6.86. The van der Waals surface area contributed by atoms with Gasteiger partial charge in [-0.2, -0.15) is 0 Å². The Hall–Kier alpha value is -0.376. The predicted octanol–water partition coefficient (Wildman–Crippen LogP) is -1.87. The van der Waals surface area contributed by atoms with Crippen molar-refractivity contribution >= 4 is 25.2 Å². The van der Waals surface area contributed by atoms with Crippen LogP contribution in [0.4, 0.5) is 0 Å². The zero-order chi connectivity index (χ0) is 8.10. The Balaban J connectivity index is 1.83. The molecule has 11 heavy (non-hydrogen) atoms. The van der Waals surface area contributed by atoms with Gasteiger partial charge in [0.05, 0.1) is 0 Å². The molecule has 0 aromatic carbocycles. The number of hydrogen-bond donors (Lipinski definition) is 3. The predicted molar refractivity (Wildman–Crippen MR) is 47.2 cm³/mol. The molecule has 1 fully saturated rings. The second-order valence-corrected chi connectivity index (χ2v) is 6.70. The fourth-order valence-corrected chi connectivity index (χ4v) is 4.01. The zero-order valence-corrected chi connectivity index (χ0v) is 8.87. The van der Waals surface area contributed by atoms with Gasteiger partial charge < -0.3 is 19.3 Å². The van der Waals surface area contributed by atoms with Crippen LogP contribution in [-0.2, 0) is 8.23 Å². The van der Waals surface area contributed by atoms with Crippen LogP contribution in [0.3, 0.4) is 0 Å². The lowest BCUT2D eigenvalue weighted by Crippen LogP contribution is -2.39. The maximum absolute atomic E-state index is 6.86. The van der Waals surface area contributed by atoms with Gasteiger partial charge in [-0.1, -0.05) is 0 Å². The van der Waals surface area contributed by atoms with Gasteiger partial charge in [-0.05, 0) is 12.5 Å². The SMILES string of the molecule is N=C(N)NCCC[SiH]1O[SiH2]O1. The third-order valence-corrected chi connectivity index (χ3v) is 6.38. The Bertz CT molecular complexity index is 141. The summed E-state index contributed by atoms with van der Waals surface area (Å²) >= 11 is 0. The molecule has 4 N–H and O–H groups in total. The van der Waals surface area contributed by atoms with Crippen LogP contribution in [0.1, 0.15) is 6.42 Å². The van der Waals surface area contributed by atoms with Gasteiger partial charge in [0.15, 0.2) is 5.96 Å². The van der Waals surface area contributed by atoms with Crippen LogP contribution in [-0.4, -0.2) is 31.8 Å². The summed E-state index contributed by atoms with van der Waals surface area (Å²) in [5.74, 6) is 0.0384. The topological polar surface area (TPSA) is 80.4 Å². The molecule has 0 bridgehead atoms. The van der Waals surface area contributed by atoms with Crippen LogP contribution in [0, 0.1) is 5.41 Å². The van der Waals surface area contributed by atoms with Crippen molar-refractivity contribution in [3.8, 4) is 0 Å². The average molecular weight is 191 g/mol. The minimum absolute atomic E-state index is 0.0384. The Kier molecular flexibility index (Phi) is 3.56. The van der Waals surface area contributed by atoms with Crippen molar-refractivity contribution in [2.45, 2.75) is 12.5 Å². The first kappa shape index (κ1) is 8.72. The Morgan fingerprint density at radius 3 is 2.82 bits per heavy atom. The number of hydrogen-bond acceptors (Lipinski definition) is 3. The molecule has 0 aromatic rings. The molecule has 0 radical (unpaired) electrons. The summed E-state index contributed by atoms with van der Waals surface area (Å²) in [6, 6.07) is 1.04. The van der Waals surface area contributed by atoms with E-state index in [9.17, 15) is 0 Å². The highest BCUT2D eigenvalue weighted by Crippen LogP contribution is 2.06. The van der Waals surface area contributed by atoms with Gasteiger partial charge in [0.25, 0.3) is 10.0 Å². The minimum atomic E-state index is -1.15. The molecule has 1 aliphatic heterocycles. The first-order valence-electron chi connectivity index (χ1n) is 3.60. The van der Waals surface area contributed by atoms with Gasteiger partial charge in [0, 0.05) is 6.54 Å². The van der Waals surface area contributed by atoms with E-state index >= 15 is 0 Å². The van der Waals surface area contributed by atoms with E-state index < -0.39 is 19.3 Å². The molecular weight excluding hydrogens is 178 g/mol. The zero-order valence-electron chi connectivity index (χ0n) is 6.30. The van der Waals surface area contributed by atoms with Gasteiger partial charge in [0.1, 0.15) is 0 Å². The van der Waals surface area contributed by atoms with Gasteiger partial charge in [-0.15, -0.1) is 0 Å². The van der Waals surface area contributed by atoms with Gasteiger partial charge >= 0.3 is 9.28 Å². The molecule has 1 rings (SSSR count). The highest BCUT2D eigenvalue weighted by molar-refractivity contribution is 6.64. The van der Waals surface area contributed by atoms with E-state index in [0.29, 0.717) is 0 Å². The number of nitrogens with two attached hydrogens (primary N) is 1. The Morgan fingerprint density at radius 1 is 1.64 bits per heavy atom. The van der Waals surface area contributed by atoms with E-state index in [0.717, 1.165) is 19.0 Å². The quantitative estimate of drug-likeness (QED) is 0.210. The first-order valence-corrected chi connectivity index (χ1v) is 6.51. The van der Waals surface area contributed by atoms with Crippen LogP contribution in [0.2, 0.25) is 6.04 Å². The molecule has 0 unspecified atom stereocenters. The smallest absolute Gasteiger partial charge is 0.303 e. The Morgan fingerprint density at radius 2 is 2.36 bits per heavy atom. The second kappa shape index (κ2) is 4.49. The van der Waals surface area contributed by atoms with E-state index in [4.69, 9.17) is 19.4 Å². The van der Waals surface area contributed by atoms with Crippen molar-refractivity contribution in [1.82, 2.24) is 5.32 Å². The highest BCUT2D eigenvalue weighted by Gasteiger charge is 2.20. The van der Waals surface area contributed by atoms with E-state index in [1.165, 1.54) is 0 Å². The standard InChI is InChI=1S/C4H13N3O2Si2/c5-4(6)7-2-1-3-11-8-10-9-11/h11H,1-3,10H2,(H4,5,6,7). The largest absolute Gasteiger partial charge is 0.422 e. The molecule has 0 atom stereocenters. The van der Waals surface area contributed by atoms with Crippen molar-refractivity contribution in [3.63, 3.8) is 0 Å². The van der Waals surface area contributed by atoms with Gasteiger partial charge in [0.2, 0.25) is 0 Å². The van der Waals surface area contributed by atoms with Crippen LogP contribution in [0.25, 0.3) is 0 Å². The number of guanidine groups is 1. The van der Waals surface area contributed by atoms with Crippen molar-refractivity contribution < 1.29 is 8.23 Å². The third-order valence-electron chi connectivity index (χ3n) is 1.44. The molecule has 1 heterocycles. The summed E-state index contributed by atoms with van der Waals surface area (Å²) in [5.41, 5.74) is 5.08. The second-order valence-electron chi connectivity index (χ2n) is 2.36. The fourth-order valence-electron chi connectivity index (χ4n) is 0.823. The normalized spacial score (nSPS) is 24.5. The number of rotatable bonds is 4. The molecule has 0 amide bonds. The van der Waals surface area contributed by atoms with Crippen molar-refractivity contribution in [2.75, 3.05) is 6.54 Å². The Labute approximate surface area is 69.7 Å². The van der Waals surface area contributed by atoms with E-state index in [-0.39, 0.29) is 5.96 Å². The minimum Gasteiger partial charge on any atom is -0.422 e. The molecular formula is C4H13N3O2Si2. The molecule has 1 saturated heterocycles. The molecule has 64 valence electrons. The average Bonchev–Trinajstić information content (AvgIpc) is 1.82. The molecule has 0 saturated carbocycles. The summed E-state index contributed by atoms with van der Waals surface area (Å²) < 4.78 is 10.6. The van der Waals surface area contributed by atoms with Crippen LogP contribution in [0.15, 0.2) is 0 Å². The molecule has 7 heteroatoms. The molecule has 0 spiro atoms. The summed E-state index contributed by atoms with van der Waals surface area (Å²) in [7, 11) is -1.67. The van der Waals surface area contributed by atoms with Gasteiger partial charge in [-0.25, -0.2) is 0 Å². The van der Waals surface area contributed by atoms with Crippen molar-refractivity contribution in [3.05, 3.63) is 0 Å². The van der Waals surface area contributed by atoms with Crippen LogP contribution >= 0.6 is 0 Å². The summed E-state index contributed by atoms with van der Waals surface area (Å²) in [5, 5.41) is 9.59. The van der Waals surface area contributed by atoms with E-state index in [1.54, 1.807) is 0 Å². The van der Waals surface area contributed by atoms with Crippen LogP contribution in [0.5, 0.6) is 0 Å². The molecule has 1 aliphatic rings.